The van der Waals surface area contributed by atoms with Crippen molar-refractivity contribution in [1.82, 2.24) is 34.8 Å². The molecule has 0 aliphatic carbocycles. The van der Waals surface area contributed by atoms with Crippen LogP contribution in [0.25, 0.3) is 22.5 Å². The molecule has 10 nitrogen and oxygen atoms in total. The van der Waals surface area contributed by atoms with Gasteiger partial charge in [0, 0.05) is 24.3 Å². The lowest BCUT2D eigenvalue weighted by atomic mass is 10.2. The number of fused-ring (bicyclic) bond motifs is 1. The van der Waals surface area contributed by atoms with Gasteiger partial charge in [0.15, 0.2) is 5.82 Å². The number of aryl methyl sites for hydroxylation is 2. The Labute approximate surface area is 172 Å². The monoisotopic (exact) mass is 409 g/mol. The van der Waals surface area contributed by atoms with Crippen LogP contribution in [-0.2, 0) is 24.4 Å². The first kappa shape index (κ1) is 19.6. The van der Waals surface area contributed by atoms with Crippen LogP contribution in [0.15, 0.2) is 47.5 Å². The Morgan fingerprint density at radius 1 is 1.23 bits per heavy atom. The number of ether oxygens (including phenoxy) is 1. The highest BCUT2D eigenvalue weighted by atomic mass is 16.6. The molecule has 0 fully saturated rings. The Morgan fingerprint density at radius 2 is 2.07 bits per heavy atom. The molecule has 10 heteroatoms. The fourth-order valence-electron chi connectivity index (χ4n) is 2.98. The normalized spacial score (nSPS) is 11.7. The quantitative estimate of drug-likeness (QED) is 0.521. The van der Waals surface area contributed by atoms with Gasteiger partial charge in [0.25, 0.3) is 5.89 Å². The van der Waals surface area contributed by atoms with Gasteiger partial charge in [-0.1, -0.05) is 23.4 Å². The van der Waals surface area contributed by atoms with Gasteiger partial charge in [0.2, 0.25) is 0 Å². The summed E-state index contributed by atoms with van der Waals surface area (Å²) in [6.45, 7) is 6.80. The van der Waals surface area contributed by atoms with Crippen LogP contribution in [0.1, 0.15) is 26.6 Å². The Hall–Kier alpha value is -3.69. The molecule has 3 aromatic heterocycles. The van der Waals surface area contributed by atoms with Crippen molar-refractivity contribution in [2.75, 3.05) is 0 Å². The number of hydrogen-bond acceptors (Lipinski definition) is 7. The van der Waals surface area contributed by atoms with Crippen LogP contribution in [0.3, 0.4) is 0 Å². The van der Waals surface area contributed by atoms with Gasteiger partial charge in [-0.05, 0) is 26.8 Å². The van der Waals surface area contributed by atoms with E-state index in [1.807, 2.05) is 39.7 Å². The minimum absolute atomic E-state index is 0.0967. The summed E-state index contributed by atoms with van der Waals surface area (Å²) in [7, 11) is 0. The van der Waals surface area contributed by atoms with E-state index >= 15 is 0 Å². The number of imidazole rings is 1. The first-order chi connectivity index (χ1) is 14.4. The lowest BCUT2D eigenvalue weighted by Crippen LogP contribution is -2.32. The van der Waals surface area contributed by atoms with Gasteiger partial charge in [-0.3, -0.25) is 4.68 Å². The molecule has 156 valence electrons. The van der Waals surface area contributed by atoms with Crippen molar-refractivity contribution in [1.29, 1.82) is 0 Å². The minimum Gasteiger partial charge on any atom is -0.444 e. The van der Waals surface area contributed by atoms with Crippen LogP contribution in [0.5, 0.6) is 0 Å². The van der Waals surface area contributed by atoms with E-state index < -0.39 is 11.7 Å². The van der Waals surface area contributed by atoms with Gasteiger partial charge in [-0.15, -0.1) is 0 Å². The zero-order valence-electron chi connectivity index (χ0n) is 17.1. The Balaban J connectivity index is 1.55. The number of nitrogens with one attached hydrogen (secondary N) is 1. The molecule has 0 spiro atoms. The van der Waals surface area contributed by atoms with Crippen LogP contribution in [0.2, 0.25) is 0 Å². The average Bonchev–Trinajstić information content (AvgIpc) is 3.42. The van der Waals surface area contributed by atoms with Gasteiger partial charge in [-0.2, -0.15) is 10.1 Å². The van der Waals surface area contributed by atoms with Crippen LogP contribution < -0.4 is 5.32 Å². The molecule has 0 bridgehead atoms. The van der Waals surface area contributed by atoms with Crippen molar-refractivity contribution in [2.45, 2.75) is 46.0 Å². The number of alkyl carbamates (subject to hydrolysis) is 1. The smallest absolute Gasteiger partial charge is 0.408 e. The number of nitrogens with zero attached hydrogens (tertiary/aromatic N) is 6. The van der Waals surface area contributed by atoms with Gasteiger partial charge >= 0.3 is 6.09 Å². The molecule has 1 aromatic carbocycles. The second kappa shape index (κ2) is 7.97. The van der Waals surface area contributed by atoms with E-state index in [9.17, 15) is 4.79 Å². The minimum atomic E-state index is -0.576. The van der Waals surface area contributed by atoms with Crippen molar-refractivity contribution in [3.8, 4) is 11.6 Å². The fraction of sp³-hybridized carbons (Fsp3) is 0.350. The van der Waals surface area contributed by atoms with Gasteiger partial charge < -0.3 is 19.1 Å². The van der Waals surface area contributed by atoms with Crippen molar-refractivity contribution in [2.24, 2.45) is 0 Å². The lowest BCUT2D eigenvalue weighted by molar-refractivity contribution is 0.0522. The first-order valence-electron chi connectivity index (χ1n) is 9.60. The highest BCUT2D eigenvalue weighted by Crippen LogP contribution is 2.27. The zero-order chi connectivity index (χ0) is 21.1. The molecule has 4 aromatic rings. The number of aromatic nitrogens is 6. The van der Waals surface area contributed by atoms with Crippen LogP contribution in [0, 0.1) is 0 Å². The number of hydrogen-bond donors (Lipinski definition) is 1. The van der Waals surface area contributed by atoms with E-state index in [1.165, 1.54) is 0 Å². The summed E-state index contributed by atoms with van der Waals surface area (Å²) < 4.78 is 14.5. The Morgan fingerprint density at radius 3 is 2.83 bits per heavy atom. The van der Waals surface area contributed by atoms with Crippen molar-refractivity contribution in [3.05, 3.63) is 48.8 Å². The summed E-state index contributed by atoms with van der Waals surface area (Å²) in [4.78, 5) is 20.4. The molecular formula is C20H23N7O3. The van der Waals surface area contributed by atoms with E-state index in [4.69, 9.17) is 9.26 Å². The fourth-order valence-corrected chi connectivity index (χ4v) is 2.98. The van der Waals surface area contributed by atoms with Crippen molar-refractivity contribution in [3.63, 3.8) is 0 Å². The molecule has 0 atom stereocenters. The molecule has 30 heavy (non-hydrogen) atoms. The molecule has 0 aliphatic heterocycles. The molecule has 0 unspecified atom stereocenters. The second-order valence-corrected chi connectivity index (χ2v) is 7.76. The van der Waals surface area contributed by atoms with Crippen LogP contribution in [-0.4, -0.2) is 41.2 Å². The molecule has 0 saturated carbocycles. The summed E-state index contributed by atoms with van der Waals surface area (Å²) in [6.07, 6.45) is 4.86. The third kappa shape index (κ3) is 4.48. The number of amides is 1. The number of carbonyl (C=O) groups excluding carboxylic acids is 1. The van der Waals surface area contributed by atoms with Gasteiger partial charge in [0.1, 0.15) is 11.3 Å². The van der Waals surface area contributed by atoms with Crippen LogP contribution in [0.4, 0.5) is 4.79 Å². The van der Waals surface area contributed by atoms with Crippen molar-refractivity contribution < 1.29 is 14.1 Å². The van der Waals surface area contributed by atoms with Crippen LogP contribution >= 0.6 is 0 Å². The zero-order valence-corrected chi connectivity index (χ0v) is 17.1. The molecule has 1 amide bonds. The summed E-state index contributed by atoms with van der Waals surface area (Å²) in [5.41, 5.74) is 0.999. The largest absolute Gasteiger partial charge is 0.444 e. The summed E-state index contributed by atoms with van der Waals surface area (Å²) in [5.74, 6) is 0.692. The van der Waals surface area contributed by atoms with E-state index in [0.717, 1.165) is 16.6 Å². The maximum absolute atomic E-state index is 11.9. The molecule has 1 N–H and O–H groups in total. The predicted molar refractivity (Wildman–Crippen MR) is 108 cm³/mol. The molecule has 3 heterocycles. The Bertz CT molecular complexity index is 1140. The molecule has 0 aliphatic rings. The van der Waals surface area contributed by atoms with Crippen molar-refractivity contribution >= 4 is 17.0 Å². The highest BCUT2D eigenvalue weighted by Gasteiger charge is 2.20. The SMILES string of the molecule is CC(C)(C)OC(=O)NCc1noc(-c2c3ccccc3nn2CCn2ccnc2)n1. The van der Waals surface area contributed by atoms with Gasteiger partial charge in [-0.25, -0.2) is 9.78 Å². The topological polar surface area (TPSA) is 113 Å². The molecule has 4 rings (SSSR count). The summed E-state index contributed by atoms with van der Waals surface area (Å²) >= 11 is 0. The third-order valence-electron chi connectivity index (χ3n) is 4.24. The number of carbonyl (C=O) groups is 1. The van der Waals surface area contributed by atoms with Gasteiger partial charge in [0.05, 0.1) is 24.9 Å². The standard InChI is InChI=1S/C20H23N7O3/c1-20(2,3)29-19(28)22-12-16-23-18(30-25-16)17-14-6-4-5-7-15(14)24-27(17)11-10-26-9-8-21-13-26/h4-9,13H,10-12H2,1-3H3,(H,22,28). The second-order valence-electron chi connectivity index (χ2n) is 7.76. The maximum atomic E-state index is 11.9. The third-order valence-corrected chi connectivity index (χ3v) is 4.24. The summed E-state index contributed by atoms with van der Waals surface area (Å²) in [5, 5.41) is 12.2. The maximum Gasteiger partial charge on any atom is 0.408 e. The first-order valence-corrected chi connectivity index (χ1v) is 9.60. The molecule has 0 radical (unpaired) electrons. The molecular weight excluding hydrogens is 386 g/mol. The summed E-state index contributed by atoms with van der Waals surface area (Å²) in [6, 6.07) is 7.78. The highest BCUT2D eigenvalue weighted by molar-refractivity contribution is 5.91. The number of benzene rings is 1. The average molecular weight is 409 g/mol. The predicted octanol–water partition coefficient (Wildman–Crippen LogP) is 3.01. The van der Waals surface area contributed by atoms with E-state index in [0.29, 0.717) is 24.8 Å². The van der Waals surface area contributed by atoms with E-state index in [-0.39, 0.29) is 6.54 Å². The Kier molecular flexibility index (Phi) is 5.21. The van der Waals surface area contributed by atoms with E-state index in [2.05, 4.69) is 25.5 Å². The van der Waals surface area contributed by atoms with E-state index in [1.54, 1.807) is 33.3 Å². The number of rotatable bonds is 6. The lowest BCUT2D eigenvalue weighted by Gasteiger charge is -2.19. The molecule has 0 saturated heterocycles.